The Kier molecular flexibility index (Phi) is 3.35. The second-order valence-electron chi connectivity index (χ2n) is 5.96. The zero-order valence-electron chi connectivity index (χ0n) is 13.7. The van der Waals surface area contributed by atoms with E-state index in [9.17, 15) is 0 Å². The minimum atomic E-state index is 0.936. The molecule has 0 amide bonds. The van der Waals surface area contributed by atoms with E-state index in [1.165, 1.54) is 0 Å². The van der Waals surface area contributed by atoms with Gasteiger partial charge in [-0.05, 0) is 29.0 Å². The summed E-state index contributed by atoms with van der Waals surface area (Å²) in [6.45, 7) is 0. The number of fused-ring (bicyclic) bond motifs is 2. The van der Waals surface area contributed by atoms with E-state index < -0.39 is 0 Å². The first-order valence-electron chi connectivity index (χ1n) is 8.27. The van der Waals surface area contributed by atoms with Crippen LogP contribution in [-0.4, -0.2) is 25.4 Å². The minimum Gasteiger partial charge on any atom is -0.256 e. The van der Waals surface area contributed by atoms with Crippen LogP contribution in [0.1, 0.15) is 0 Å². The average molecular weight is 335 g/mol. The molecule has 0 aliphatic heterocycles. The molecule has 0 aliphatic carbocycles. The number of aromatic nitrogens is 5. The monoisotopic (exact) mass is 335 g/mol. The van der Waals surface area contributed by atoms with Gasteiger partial charge in [-0.1, -0.05) is 30.3 Å². The Morgan fingerprint density at radius 2 is 1.12 bits per heavy atom. The highest BCUT2D eigenvalue weighted by Crippen LogP contribution is 2.41. The van der Waals surface area contributed by atoms with E-state index in [0.717, 1.165) is 43.9 Å². The molecule has 0 saturated heterocycles. The molecule has 3 heterocycles. The van der Waals surface area contributed by atoms with Gasteiger partial charge in [0, 0.05) is 33.8 Å². The Morgan fingerprint density at radius 1 is 0.500 bits per heavy atom. The van der Waals surface area contributed by atoms with E-state index in [4.69, 9.17) is 4.98 Å². The van der Waals surface area contributed by atoms with Crippen molar-refractivity contribution in [1.82, 2.24) is 25.4 Å². The summed E-state index contributed by atoms with van der Waals surface area (Å²) in [6.07, 6.45) is 8.82. The Hall–Kier alpha value is -3.73. The maximum absolute atomic E-state index is 4.71. The van der Waals surface area contributed by atoms with Crippen molar-refractivity contribution in [3.8, 4) is 22.3 Å². The molecule has 0 fully saturated rings. The molecule has 5 rings (SSSR count). The lowest BCUT2D eigenvalue weighted by molar-refractivity contribution is 1.03. The molecule has 0 N–H and O–H groups in total. The third-order valence-electron chi connectivity index (χ3n) is 4.53. The Balaban J connectivity index is 2.02. The number of nitrogens with zero attached hydrogens (tertiary/aromatic N) is 5. The van der Waals surface area contributed by atoms with Crippen LogP contribution >= 0.6 is 0 Å². The van der Waals surface area contributed by atoms with Gasteiger partial charge in [0.25, 0.3) is 0 Å². The third kappa shape index (κ3) is 2.22. The second-order valence-corrected chi connectivity index (χ2v) is 5.96. The van der Waals surface area contributed by atoms with Gasteiger partial charge in [0.2, 0.25) is 0 Å². The zero-order valence-corrected chi connectivity index (χ0v) is 13.7. The highest BCUT2D eigenvalue weighted by atomic mass is 15.1. The summed E-state index contributed by atoms with van der Waals surface area (Å²) < 4.78 is 0. The first-order valence-corrected chi connectivity index (χ1v) is 8.27. The third-order valence-corrected chi connectivity index (χ3v) is 4.53. The van der Waals surface area contributed by atoms with Gasteiger partial charge >= 0.3 is 0 Å². The van der Waals surface area contributed by atoms with Gasteiger partial charge in [-0.25, -0.2) is 0 Å². The molecule has 122 valence electrons. The Morgan fingerprint density at radius 3 is 1.77 bits per heavy atom. The first kappa shape index (κ1) is 14.6. The summed E-state index contributed by atoms with van der Waals surface area (Å²) in [5, 5.41) is 19.3. The quantitative estimate of drug-likeness (QED) is 0.450. The molecule has 0 radical (unpaired) electrons. The van der Waals surface area contributed by atoms with E-state index in [1.54, 1.807) is 24.8 Å². The summed E-state index contributed by atoms with van der Waals surface area (Å²) in [5.41, 5.74) is 5.14. The SMILES string of the molecule is c1ccc2c(-c3ccnnc3)c3ncccc3c(-c3ccnnc3)c2c1. The first-order chi connectivity index (χ1) is 12.9. The van der Waals surface area contributed by atoms with Crippen molar-refractivity contribution < 1.29 is 0 Å². The standard InChI is InChI=1S/C21H13N5/c1-2-5-17-16(4-1)19(14-7-10-23-25-12-14)18-6-3-9-22-21(18)20(17)15-8-11-24-26-13-15/h1-13H. The maximum atomic E-state index is 4.71. The van der Waals surface area contributed by atoms with Gasteiger partial charge < -0.3 is 0 Å². The molecule has 5 aromatic rings. The van der Waals surface area contributed by atoms with Gasteiger partial charge in [-0.15, -0.1) is 0 Å². The number of rotatable bonds is 2. The van der Waals surface area contributed by atoms with Gasteiger partial charge in [0.15, 0.2) is 0 Å². The van der Waals surface area contributed by atoms with Crippen molar-refractivity contribution in [2.24, 2.45) is 0 Å². The predicted molar refractivity (Wildman–Crippen MR) is 101 cm³/mol. The fraction of sp³-hybridized carbons (Fsp3) is 0. The molecule has 0 bridgehead atoms. The van der Waals surface area contributed by atoms with Crippen LogP contribution in [0.15, 0.2) is 79.5 Å². The number of pyridine rings is 1. The molecule has 0 saturated carbocycles. The molecule has 0 aliphatic rings. The molecule has 2 aromatic carbocycles. The van der Waals surface area contributed by atoms with E-state index in [1.807, 2.05) is 30.5 Å². The van der Waals surface area contributed by atoms with Crippen molar-refractivity contribution in [2.75, 3.05) is 0 Å². The average Bonchev–Trinajstić information content (AvgIpc) is 2.73. The topological polar surface area (TPSA) is 64.5 Å². The van der Waals surface area contributed by atoms with E-state index in [-0.39, 0.29) is 0 Å². The van der Waals surface area contributed by atoms with Crippen LogP contribution in [0.4, 0.5) is 0 Å². The van der Waals surface area contributed by atoms with E-state index >= 15 is 0 Å². The summed E-state index contributed by atoms with van der Waals surface area (Å²) >= 11 is 0. The van der Waals surface area contributed by atoms with Crippen molar-refractivity contribution in [2.45, 2.75) is 0 Å². The molecule has 5 nitrogen and oxygen atoms in total. The van der Waals surface area contributed by atoms with Crippen LogP contribution in [0.5, 0.6) is 0 Å². The molecule has 0 spiro atoms. The Labute approximate surface area is 149 Å². The maximum Gasteiger partial charge on any atom is 0.0793 e. The summed E-state index contributed by atoms with van der Waals surface area (Å²) in [6, 6.07) is 16.4. The lowest BCUT2D eigenvalue weighted by Gasteiger charge is -2.16. The fourth-order valence-corrected chi connectivity index (χ4v) is 3.48. The Bertz CT molecular complexity index is 1070. The summed E-state index contributed by atoms with van der Waals surface area (Å²) in [7, 11) is 0. The van der Waals surface area contributed by atoms with Crippen molar-refractivity contribution >= 4 is 21.7 Å². The van der Waals surface area contributed by atoms with Crippen LogP contribution in [0.3, 0.4) is 0 Å². The van der Waals surface area contributed by atoms with Crippen LogP contribution in [-0.2, 0) is 0 Å². The molecular formula is C21H13N5. The lowest BCUT2D eigenvalue weighted by atomic mass is 9.89. The van der Waals surface area contributed by atoms with Crippen LogP contribution in [0, 0.1) is 0 Å². The van der Waals surface area contributed by atoms with Crippen molar-refractivity contribution in [3.63, 3.8) is 0 Å². The van der Waals surface area contributed by atoms with Gasteiger partial charge in [-0.3, -0.25) is 4.98 Å². The van der Waals surface area contributed by atoms with Crippen LogP contribution in [0.25, 0.3) is 43.9 Å². The summed E-state index contributed by atoms with van der Waals surface area (Å²) in [4.78, 5) is 4.71. The molecule has 5 heteroatoms. The van der Waals surface area contributed by atoms with Gasteiger partial charge in [-0.2, -0.15) is 20.4 Å². The fourth-order valence-electron chi connectivity index (χ4n) is 3.48. The number of hydrogen-bond donors (Lipinski definition) is 0. The molecule has 0 atom stereocenters. The van der Waals surface area contributed by atoms with Gasteiger partial charge in [0.1, 0.15) is 0 Å². The smallest absolute Gasteiger partial charge is 0.0793 e. The highest BCUT2D eigenvalue weighted by molar-refractivity contribution is 6.20. The second kappa shape index (κ2) is 5.97. The predicted octanol–water partition coefficient (Wildman–Crippen LogP) is 4.30. The summed E-state index contributed by atoms with van der Waals surface area (Å²) in [5.74, 6) is 0. The van der Waals surface area contributed by atoms with Crippen molar-refractivity contribution in [3.05, 3.63) is 79.5 Å². The van der Waals surface area contributed by atoms with Gasteiger partial charge in [0.05, 0.1) is 30.3 Å². The van der Waals surface area contributed by atoms with E-state index in [2.05, 4.69) is 44.7 Å². The molecule has 0 unspecified atom stereocenters. The highest BCUT2D eigenvalue weighted by Gasteiger charge is 2.17. The van der Waals surface area contributed by atoms with Crippen LogP contribution in [0.2, 0.25) is 0 Å². The molecule has 26 heavy (non-hydrogen) atoms. The van der Waals surface area contributed by atoms with Crippen LogP contribution < -0.4 is 0 Å². The number of hydrogen-bond acceptors (Lipinski definition) is 5. The normalized spacial score (nSPS) is 11.1. The number of benzene rings is 2. The zero-order chi connectivity index (χ0) is 17.3. The van der Waals surface area contributed by atoms with E-state index in [0.29, 0.717) is 0 Å². The molecule has 3 aromatic heterocycles. The van der Waals surface area contributed by atoms with Crippen molar-refractivity contribution in [1.29, 1.82) is 0 Å². The lowest BCUT2D eigenvalue weighted by Crippen LogP contribution is -1.93. The largest absolute Gasteiger partial charge is 0.256 e. The molecular weight excluding hydrogens is 322 g/mol. The minimum absolute atomic E-state index is 0.936.